The molecule has 1 N–H and O–H groups in total. The Kier molecular flexibility index (Phi) is 5.35. The van der Waals surface area contributed by atoms with Gasteiger partial charge in [-0.25, -0.2) is 0 Å². The van der Waals surface area contributed by atoms with Gasteiger partial charge >= 0.3 is 0 Å². The van der Waals surface area contributed by atoms with Gasteiger partial charge in [0.1, 0.15) is 12.1 Å². The van der Waals surface area contributed by atoms with Crippen LogP contribution in [0.4, 0.5) is 5.69 Å². The van der Waals surface area contributed by atoms with Gasteiger partial charge in [0.05, 0.1) is 18.0 Å². The van der Waals surface area contributed by atoms with E-state index in [0.717, 1.165) is 11.4 Å². The number of hydrogen-bond acceptors (Lipinski definition) is 5. The Morgan fingerprint density at radius 3 is 2.64 bits per heavy atom. The van der Waals surface area contributed by atoms with Crippen LogP contribution in [0.25, 0.3) is 5.69 Å². The fourth-order valence-corrected chi connectivity index (χ4v) is 3.11. The Bertz CT molecular complexity index is 851. The molecule has 0 saturated carbocycles. The largest absolute Gasteiger partial charge is 0.495 e. The summed E-state index contributed by atoms with van der Waals surface area (Å²) < 4.78 is 7.21. The van der Waals surface area contributed by atoms with E-state index in [1.165, 1.54) is 11.8 Å². The van der Waals surface area contributed by atoms with E-state index in [1.807, 2.05) is 66.1 Å². The maximum absolute atomic E-state index is 12.4. The van der Waals surface area contributed by atoms with Crippen molar-refractivity contribution in [3.05, 3.63) is 60.9 Å². The van der Waals surface area contributed by atoms with Crippen molar-refractivity contribution in [1.29, 1.82) is 0 Å². The van der Waals surface area contributed by atoms with Crippen LogP contribution >= 0.6 is 11.8 Å². The molecule has 1 heterocycles. The molecule has 0 fully saturated rings. The summed E-state index contributed by atoms with van der Waals surface area (Å²) in [5.74, 6) is 0.622. The molecule has 0 spiro atoms. The van der Waals surface area contributed by atoms with Crippen molar-refractivity contribution >= 4 is 23.4 Å². The van der Waals surface area contributed by atoms with Crippen LogP contribution in [0, 0.1) is 0 Å². The summed E-state index contributed by atoms with van der Waals surface area (Å²) in [6.07, 6.45) is 1.61. The number of para-hydroxylation sites is 3. The molecule has 128 valence electrons. The topological polar surface area (TPSA) is 69.0 Å². The third kappa shape index (κ3) is 4.00. The normalized spacial score (nSPS) is 11.8. The minimum atomic E-state index is -0.335. The maximum Gasteiger partial charge on any atom is 0.237 e. The number of anilines is 1. The smallest absolute Gasteiger partial charge is 0.237 e. The molecule has 1 unspecified atom stereocenters. The molecule has 0 aliphatic rings. The van der Waals surface area contributed by atoms with Crippen molar-refractivity contribution in [1.82, 2.24) is 14.8 Å². The van der Waals surface area contributed by atoms with Gasteiger partial charge in [-0.3, -0.25) is 9.36 Å². The first-order valence-electron chi connectivity index (χ1n) is 7.75. The van der Waals surface area contributed by atoms with Crippen LogP contribution in [0.3, 0.4) is 0 Å². The van der Waals surface area contributed by atoms with Gasteiger partial charge in [0.15, 0.2) is 5.16 Å². The van der Waals surface area contributed by atoms with E-state index in [2.05, 4.69) is 15.5 Å². The molecule has 6 nitrogen and oxygen atoms in total. The number of rotatable bonds is 6. The molecule has 1 amide bonds. The number of ether oxygens (including phenoxy) is 1. The number of nitrogens with zero attached hydrogens (tertiary/aromatic N) is 3. The summed E-state index contributed by atoms with van der Waals surface area (Å²) in [5, 5.41) is 11.3. The zero-order chi connectivity index (χ0) is 17.6. The molecule has 7 heteroatoms. The molecular formula is C18H18N4O2S. The number of nitrogens with one attached hydrogen (secondary N) is 1. The van der Waals surface area contributed by atoms with Gasteiger partial charge in [-0.1, -0.05) is 42.1 Å². The first kappa shape index (κ1) is 17.0. The predicted molar refractivity (Wildman–Crippen MR) is 98.3 cm³/mol. The lowest BCUT2D eigenvalue weighted by Crippen LogP contribution is -2.22. The Morgan fingerprint density at radius 2 is 1.88 bits per heavy atom. The highest BCUT2D eigenvalue weighted by molar-refractivity contribution is 8.00. The molecular weight excluding hydrogens is 336 g/mol. The minimum Gasteiger partial charge on any atom is -0.495 e. The van der Waals surface area contributed by atoms with E-state index in [0.29, 0.717) is 10.9 Å². The molecule has 0 radical (unpaired) electrons. The van der Waals surface area contributed by atoms with Crippen LogP contribution in [0.1, 0.15) is 6.92 Å². The Hall–Kier alpha value is -2.80. The number of methoxy groups -OCH3 is 1. The molecule has 2 aromatic carbocycles. The standard InChI is InChI=1S/C18H18N4O2S/c1-13(17(23)20-14-8-4-3-5-9-14)25-18-21-19-12-22(18)15-10-6-7-11-16(15)24-2/h3-13H,1-2H3,(H,20,23). The Labute approximate surface area is 150 Å². The molecule has 0 aliphatic heterocycles. The van der Waals surface area contributed by atoms with Crippen molar-refractivity contribution in [3.63, 3.8) is 0 Å². The van der Waals surface area contributed by atoms with Crippen molar-refractivity contribution < 1.29 is 9.53 Å². The summed E-state index contributed by atoms with van der Waals surface area (Å²) in [7, 11) is 1.62. The first-order chi connectivity index (χ1) is 12.2. The third-order valence-corrected chi connectivity index (χ3v) is 4.61. The van der Waals surface area contributed by atoms with Crippen LogP contribution in [-0.4, -0.2) is 33.0 Å². The average Bonchev–Trinajstić information content (AvgIpc) is 3.10. The second-order valence-corrected chi connectivity index (χ2v) is 6.58. The van der Waals surface area contributed by atoms with Crippen LogP contribution < -0.4 is 10.1 Å². The Morgan fingerprint density at radius 1 is 1.16 bits per heavy atom. The van der Waals surface area contributed by atoms with E-state index < -0.39 is 0 Å². The molecule has 3 aromatic rings. The second kappa shape index (κ2) is 7.85. The quantitative estimate of drug-likeness (QED) is 0.687. The summed E-state index contributed by atoms with van der Waals surface area (Å²) in [6, 6.07) is 17.0. The highest BCUT2D eigenvalue weighted by Gasteiger charge is 2.19. The van der Waals surface area contributed by atoms with Crippen molar-refractivity contribution in [2.75, 3.05) is 12.4 Å². The lowest BCUT2D eigenvalue weighted by molar-refractivity contribution is -0.115. The number of carbonyl (C=O) groups is 1. The van der Waals surface area contributed by atoms with E-state index in [4.69, 9.17) is 4.74 Å². The van der Waals surface area contributed by atoms with Gasteiger partial charge in [-0.15, -0.1) is 10.2 Å². The minimum absolute atomic E-state index is 0.0919. The fourth-order valence-electron chi connectivity index (χ4n) is 2.28. The highest BCUT2D eigenvalue weighted by atomic mass is 32.2. The highest BCUT2D eigenvalue weighted by Crippen LogP contribution is 2.29. The molecule has 0 bridgehead atoms. The van der Waals surface area contributed by atoms with Gasteiger partial charge in [0.25, 0.3) is 0 Å². The second-order valence-electron chi connectivity index (χ2n) is 5.27. The molecule has 0 saturated heterocycles. The average molecular weight is 354 g/mol. The molecule has 3 rings (SSSR count). The van der Waals surface area contributed by atoms with Crippen molar-refractivity contribution in [2.45, 2.75) is 17.3 Å². The number of carbonyl (C=O) groups excluding carboxylic acids is 1. The maximum atomic E-state index is 12.4. The molecule has 1 atom stereocenters. The summed E-state index contributed by atoms with van der Waals surface area (Å²) in [6.45, 7) is 1.84. The molecule has 0 aliphatic carbocycles. The summed E-state index contributed by atoms with van der Waals surface area (Å²) in [5.41, 5.74) is 1.60. The van der Waals surface area contributed by atoms with Gasteiger partial charge in [0.2, 0.25) is 5.91 Å². The van der Waals surface area contributed by atoms with E-state index in [-0.39, 0.29) is 11.2 Å². The zero-order valence-corrected chi connectivity index (χ0v) is 14.7. The van der Waals surface area contributed by atoms with Crippen LogP contribution in [0.5, 0.6) is 5.75 Å². The van der Waals surface area contributed by atoms with Gasteiger partial charge in [-0.2, -0.15) is 0 Å². The van der Waals surface area contributed by atoms with Gasteiger partial charge in [-0.05, 0) is 31.2 Å². The van der Waals surface area contributed by atoms with E-state index in [9.17, 15) is 4.79 Å². The number of thioether (sulfide) groups is 1. The monoisotopic (exact) mass is 354 g/mol. The van der Waals surface area contributed by atoms with Crippen molar-refractivity contribution in [2.24, 2.45) is 0 Å². The predicted octanol–water partition coefficient (Wildman–Crippen LogP) is 3.40. The summed E-state index contributed by atoms with van der Waals surface area (Å²) in [4.78, 5) is 12.4. The van der Waals surface area contributed by atoms with Crippen molar-refractivity contribution in [3.8, 4) is 11.4 Å². The number of aromatic nitrogens is 3. The van der Waals surface area contributed by atoms with Crippen LogP contribution in [0.15, 0.2) is 66.1 Å². The molecule has 25 heavy (non-hydrogen) atoms. The first-order valence-corrected chi connectivity index (χ1v) is 8.63. The van der Waals surface area contributed by atoms with Crippen LogP contribution in [-0.2, 0) is 4.79 Å². The third-order valence-electron chi connectivity index (χ3n) is 3.55. The number of hydrogen-bond donors (Lipinski definition) is 1. The lowest BCUT2D eigenvalue weighted by atomic mass is 10.3. The van der Waals surface area contributed by atoms with E-state index in [1.54, 1.807) is 13.4 Å². The summed E-state index contributed by atoms with van der Waals surface area (Å²) >= 11 is 1.34. The Balaban J connectivity index is 1.76. The van der Waals surface area contributed by atoms with E-state index >= 15 is 0 Å². The number of amides is 1. The van der Waals surface area contributed by atoms with Crippen LogP contribution in [0.2, 0.25) is 0 Å². The van der Waals surface area contributed by atoms with Gasteiger partial charge < -0.3 is 10.1 Å². The SMILES string of the molecule is COc1ccccc1-n1cnnc1SC(C)C(=O)Nc1ccccc1. The molecule has 1 aromatic heterocycles. The lowest BCUT2D eigenvalue weighted by Gasteiger charge is -2.14. The fraction of sp³-hybridized carbons (Fsp3) is 0.167. The zero-order valence-electron chi connectivity index (χ0n) is 13.9. The van der Waals surface area contributed by atoms with Gasteiger partial charge in [0, 0.05) is 5.69 Å². The number of benzene rings is 2.